The van der Waals surface area contributed by atoms with E-state index < -0.39 is 11.8 Å². The lowest BCUT2D eigenvalue weighted by atomic mass is 10.1. The molecule has 32 heavy (non-hydrogen) atoms. The highest BCUT2D eigenvalue weighted by Gasteiger charge is 2.17. The summed E-state index contributed by atoms with van der Waals surface area (Å²) >= 11 is 3.14. The monoisotopic (exact) mass is 511 g/mol. The van der Waals surface area contributed by atoms with Crippen LogP contribution in [0.5, 0.6) is 0 Å². The van der Waals surface area contributed by atoms with Crippen LogP contribution >= 0.6 is 15.9 Å². The molecule has 0 aliphatic rings. The first-order chi connectivity index (χ1) is 15.2. The third-order valence-corrected chi connectivity index (χ3v) is 5.58. The Labute approximate surface area is 198 Å². The van der Waals surface area contributed by atoms with Crippen molar-refractivity contribution in [2.45, 2.75) is 65.2 Å². The van der Waals surface area contributed by atoms with Gasteiger partial charge in [-0.05, 0) is 38.1 Å². The van der Waals surface area contributed by atoms with Crippen molar-refractivity contribution in [3.63, 3.8) is 0 Å². The van der Waals surface area contributed by atoms with Crippen molar-refractivity contribution in [3.05, 3.63) is 56.2 Å². The Hall–Kier alpha value is -2.19. The van der Waals surface area contributed by atoms with Gasteiger partial charge in [-0.2, -0.15) is 0 Å². The summed E-state index contributed by atoms with van der Waals surface area (Å²) in [5.74, 6) is -1.76. The Morgan fingerprint density at radius 1 is 1.16 bits per heavy atom. The number of aryl methyl sites for hydroxylation is 1. The number of hydrogen-bond donors (Lipinski definition) is 3. The van der Waals surface area contributed by atoms with Crippen molar-refractivity contribution < 1.29 is 14.3 Å². The minimum atomic E-state index is -1.20. The summed E-state index contributed by atoms with van der Waals surface area (Å²) in [4.78, 5) is 23.2. The molecule has 0 amide bonds. The molecule has 8 heteroatoms. The molecule has 1 aromatic heterocycles. The zero-order chi connectivity index (χ0) is 24.1. The van der Waals surface area contributed by atoms with Crippen molar-refractivity contribution in [2.75, 3.05) is 11.9 Å². The fraction of sp³-hybridized carbons (Fsp3) is 0.500. The molecular formula is C24H35BrFN3O3. The smallest absolute Gasteiger partial charge is 0.339 e. The fourth-order valence-electron chi connectivity index (χ4n) is 3.22. The summed E-state index contributed by atoms with van der Waals surface area (Å²) in [6.45, 7) is 4.62. The molecule has 2 aromatic rings. The third-order valence-electron chi connectivity index (χ3n) is 5.09. The van der Waals surface area contributed by atoms with Crippen molar-refractivity contribution in [3.8, 4) is 0 Å². The molecule has 0 atom stereocenters. The molecule has 0 radical (unpaired) electrons. The Kier molecular flexibility index (Phi) is 12.9. The number of aromatic carboxylic acids is 1. The van der Waals surface area contributed by atoms with Crippen LogP contribution in [-0.2, 0) is 7.05 Å². The number of aromatic nitrogens is 1. The summed E-state index contributed by atoms with van der Waals surface area (Å²) in [5.41, 5.74) is 5.34. The van der Waals surface area contributed by atoms with E-state index in [1.54, 1.807) is 6.07 Å². The van der Waals surface area contributed by atoms with Gasteiger partial charge in [0.25, 0.3) is 5.56 Å². The van der Waals surface area contributed by atoms with Crippen molar-refractivity contribution in [1.29, 1.82) is 0 Å². The number of nitrogens with two attached hydrogens (primary N) is 1. The lowest BCUT2D eigenvalue weighted by Gasteiger charge is -2.14. The van der Waals surface area contributed by atoms with Crippen molar-refractivity contribution in [1.82, 2.24) is 4.57 Å². The van der Waals surface area contributed by atoms with Gasteiger partial charge in [-0.3, -0.25) is 4.79 Å². The van der Waals surface area contributed by atoms with E-state index in [1.807, 2.05) is 0 Å². The number of carbonyl (C=O) groups is 1. The number of carboxylic acid groups (broad SMARTS) is 1. The first-order valence-electron chi connectivity index (χ1n) is 11.1. The highest BCUT2D eigenvalue weighted by Crippen LogP contribution is 2.26. The molecule has 0 fully saturated rings. The van der Waals surface area contributed by atoms with Crippen LogP contribution in [0.15, 0.2) is 33.7 Å². The van der Waals surface area contributed by atoms with Crippen molar-refractivity contribution in [2.24, 2.45) is 12.8 Å². The number of carboxylic acids is 1. The van der Waals surface area contributed by atoms with Gasteiger partial charge < -0.3 is 20.7 Å². The first-order valence-corrected chi connectivity index (χ1v) is 11.9. The number of pyridine rings is 1. The summed E-state index contributed by atoms with van der Waals surface area (Å²) in [6.07, 6.45) is 12.2. The van der Waals surface area contributed by atoms with Crippen molar-refractivity contribution >= 4 is 33.3 Å². The lowest BCUT2D eigenvalue weighted by Crippen LogP contribution is -2.23. The van der Waals surface area contributed by atoms with Gasteiger partial charge in [-0.15, -0.1) is 0 Å². The minimum Gasteiger partial charge on any atom is -0.478 e. The molecule has 1 heterocycles. The molecule has 2 rings (SSSR count). The minimum absolute atomic E-state index is 0.0897. The fourth-order valence-corrected chi connectivity index (χ4v) is 3.55. The molecule has 0 unspecified atom stereocenters. The van der Waals surface area contributed by atoms with Gasteiger partial charge >= 0.3 is 5.97 Å². The molecule has 0 bridgehead atoms. The van der Waals surface area contributed by atoms with Crippen LogP contribution in [0.3, 0.4) is 0 Å². The number of anilines is 2. The topological polar surface area (TPSA) is 97.3 Å². The van der Waals surface area contributed by atoms with Gasteiger partial charge in [0.15, 0.2) is 0 Å². The van der Waals surface area contributed by atoms with E-state index in [4.69, 9.17) is 5.73 Å². The summed E-state index contributed by atoms with van der Waals surface area (Å²) in [6, 6.07) is 4.32. The molecular weight excluding hydrogens is 477 g/mol. The molecule has 0 saturated heterocycles. The molecule has 0 aliphatic heterocycles. The first kappa shape index (κ1) is 27.8. The van der Waals surface area contributed by atoms with Crippen LogP contribution in [0.4, 0.5) is 15.8 Å². The Morgan fingerprint density at radius 3 is 2.28 bits per heavy atom. The number of benzene rings is 1. The number of unbranched alkanes of at least 4 members (excludes halogenated alkanes) is 7. The van der Waals surface area contributed by atoms with Gasteiger partial charge in [-0.1, -0.05) is 67.8 Å². The molecule has 1 aromatic carbocycles. The largest absolute Gasteiger partial charge is 0.478 e. The number of hydrogen-bond acceptors (Lipinski definition) is 4. The van der Waals surface area contributed by atoms with Crippen LogP contribution in [0, 0.1) is 12.7 Å². The standard InChI is InChI=1S/C14H12BrFN2O3.C10H23N/c1-7-12(9(14(20)21)6-18(2)13(7)19)17-11-4-3-8(15)5-10(11)16;1-2-3-4-5-6-7-8-9-10-11/h3-6,17H,1-2H3,(H,20,21);2-11H2,1H3. The number of nitrogens with zero attached hydrogens (tertiary/aromatic N) is 1. The quantitative estimate of drug-likeness (QED) is 0.315. The summed E-state index contributed by atoms with van der Waals surface area (Å²) < 4.78 is 15.6. The Morgan fingerprint density at radius 2 is 1.75 bits per heavy atom. The predicted octanol–water partition coefficient (Wildman–Crippen LogP) is 6.12. The number of nitrogens with one attached hydrogen (secondary N) is 1. The zero-order valence-corrected chi connectivity index (χ0v) is 20.8. The van der Waals surface area contributed by atoms with Crippen LogP contribution in [-0.4, -0.2) is 22.2 Å². The zero-order valence-electron chi connectivity index (χ0n) is 19.2. The second-order valence-electron chi connectivity index (χ2n) is 7.78. The van der Waals surface area contributed by atoms with Crippen LogP contribution < -0.4 is 16.6 Å². The molecule has 0 spiro atoms. The maximum atomic E-state index is 13.9. The maximum absolute atomic E-state index is 13.9. The number of halogens is 2. The Balaban J connectivity index is 0.000000396. The second-order valence-corrected chi connectivity index (χ2v) is 8.69. The highest BCUT2D eigenvalue weighted by molar-refractivity contribution is 9.10. The molecule has 0 saturated carbocycles. The van der Waals surface area contributed by atoms with Gasteiger partial charge in [-0.25, -0.2) is 9.18 Å². The number of rotatable bonds is 11. The van der Waals surface area contributed by atoms with E-state index in [0.717, 1.165) is 6.54 Å². The van der Waals surface area contributed by atoms with Gasteiger partial charge in [0.05, 0.1) is 16.9 Å². The normalized spacial score (nSPS) is 10.4. The van der Waals surface area contributed by atoms with E-state index >= 15 is 0 Å². The van der Waals surface area contributed by atoms with Gasteiger partial charge in [0, 0.05) is 23.3 Å². The van der Waals surface area contributed by atoms with E-state index in [9.17, 15) is 19.1 Å². The van der Waals surface area contributed by atoms with E-state index in [-0.39, 0.29) is 28.1 Å². The highest BCUT2D eigenvalue weighted by atomic mass is 79.9. The molecule has 6 nitrogen and oxygen atoms in total. The van der Waals surface area contributed by atoms with Crippen LogP contribution in [0.2, 0.25) is 0 Å². The average molecular weight is 512 g/mol. The third kappa shape index (κ3) is 9.12. The van der Waals surface area contributed by atoms with Gasteiger partial charge in [0.1, 0.15) is 5.82 Å². The molecule has 178 valence electrons. The molecule has 4 N–H and O–H groups in total. The Bertz CT molecular complexity index is 923. The second kappa shape index (κ2) is 14.8. The SMILES string of the molecule is CCCCCCCCCCN.Cc1c(Nc2ccc(Br)cc2F)c(C(=O)O)cn(C)c1=O. The van der Waals surface area contributed by atoms with Crippen LogP contribution in [0.1, 0.15) is 74.2 Å². The maximum Gasteiger partial charge on any atom is 0.339 e. The molecule has 0 aliphatic carbocycles. The van der Waals surface area contributed by atoms with E-state index in [0.29, 0.717) is 4.47 Å². The van der Waals surface area contributed by atoms with E-state index in [2.05, 4.69) is 28.2 Å². The van der Waals surface area contributed by atoms with Gasteiger partial charge in [0.2, 0.25) is 0 Å². The predicted molar refractivity (Wildman–Crippen MR) is 132 cm³/mol. The summed E-state index contributed by atoms with van der Waals surface area (Å²) in [7, 11) is 1.46. The van der Waals surface area contributed by atoms with E-state index in [1.165, 1.54) is 88.2 Å². The average Bonchev–Trinajstić information content (AvgIpc) is 2.75. The van der Waals surface area contributed by atoms with Crippen LogP contribution in [0.25, 0.3) is 0 Å². The summed E-state index contributed by atoms with van der Waals surface area (Å²) in [5, 5.41) is 11.9. The lowest BCUT2D eigenvalue weighted by molar-refractivity contribution is 0.0697.